The van der Waals surface area contributed by atoms with Crippen molar-refractivity contribution in [3.8, 4) is 5.75 Å². The molecule has 3 atom stereocenters. The number of benzene rings is 3. The number of anilines is 3. The van der Waals surface area contributed by atoms with E-state index in [0.717, 1.165) is 16.9 Å². The Morgan fingerprint density at radius 3 is 2.56 bits per heavy atom. The van der Waals surface area contributed by atoms with Gasteiger partial charge in [-0.25, -0.2) is 8.42 Å². The number of likely N-dealkylation sites (N-methyl/N-ethyl adjacent to an activating group) is 1. The number of amides is 2. The van der Waals surface area contributed by atoms with Crippen LogP contribution in [0.2, 0.25) is 0 Å². The van der Waals surface area contributed by atoms with E-state index < -0.39 is 16.1 Å². The Balaban J connectivity index is 1.32. The summed E-state index contributed by atoms with van der Waals surface area (Å²) < 4.78 is 35.2. The molecule has 0 saturated carbocycles. The summed E-state index contributed by atoms with van der Waals surface area (Å²) in [5, 5.41) is 14.5. The van der Waals surface area contributed by atoms with Crippen molar-refractivity contribution in [3.05, 3.63) is 101 Å². The zero-order valence-electron chi connectivity index (χ0n) is 27.1. The van der Waals surface area contributed by atoms with Crippen molar-refractivity contribution in [2.45, 2.75) is 43.2 Å². The summed E-state index contributed by atoms with van der Waals surface area (Å²) >= 11 is 1.12. The lowest BCUT2D eigenvalue weighted by molar-refractivity contribution is -0.134. The minimum Gasteiger partial charge on any atom is -0.488 e. The molecule has 0 saturated heterocycles. The van der Waals surface area contributed by atoms with Gasteiger partial charge in [0.25, 0.3) is 15.9 Å². The predicted octanol–water partition coefficient (Wildman–Crippen LogP) is 4.66. The average Bonchev–Trinajstić information content (AvgIpc) is 3.62. The van der Waals surface area contributed by atoms with E-state index in [2.05, 4.69) is 14.9 Å². The van der Waals surface area contributed by atoms with Crippen molar-refractivity contribution in [2.75, 3.05) is 42.5 Å². The van der Waals surface area contributed by atoms with Crippen LogP contribution in [0.25, 0.3) is 0 Å². The number of aliphatic hydroxyl groups is 1. The number of para-hydroxylation sites is 2. The SMILES string of the molecule is C[C@H](CO)N1C[C@H](C)[C@H](CN(C)Cc2ccc(C(=O)Nc3ccccc3N)cc2)Oc2ccc(NS(=O)(=O)c3cccs3)cc2CC1=O. The number of carbonyl (C=O) groups is 2. The summed E-state index contributed by atoms with van der Waals surface area (Å²) in [6.45, 7) is 5.09. The van der Waals surface area contributed by atoms with Crippen molar-refractivity contribution in [1.82, 2.24) is 9.80 Å². The van der Waals surface area contributed by atoms with Crippen LogP contribution in [-0.4, -0.2) is 74.0 Å². The number of nitrogens with two attached hydrogens (primary N) is 1. The molecule has 2 amide bonds. The highest BCUT2D eigenvalue weighted by Gasteiger charge is 2.31. The van der Waals surface area contributed by atoms with Gasteiger partial charge in [-0.3, -0.25) is 19.2 Å². The van der Waals surface area contributed by atoms with Crippen LogP contribution in [0.4, 0.5) is 17.1 Å². The topological polar surface area (TPSA) is 154 Å². The van der Waals surface area contributed by atoms with E-state index in [1.54, 1.807) is 71.8 Å². The molecule has 48 heavy (non-hydrogen) atoms. The van der Waals surface area contributed by atoms with Gasteiger partial charge < -0.3 is 25.8 Å². The number of rotatable bonds is 11. The molecule has 1 aliphatic heterocycles. The zero-order valence-corrected chi connectivity index (χ0v) is 28.8. The van der Waals surface area contributed by atoms with E-state index in [1.165, 1.54) is 6.07 Å². The molecule has 1 aliphatic rings. The molecule has 0 fully saturated rings. The van der Waals surface area contributed by atoms with Gasteiger partial charge in [-0.15, -0.1) is 11.3 Å². The first-order valence-electron chi connectivity index (χ1n) is 15.6. The molecular weight excluding hydrogens is 651 g/mol. The zero-order chi connectivity index (χ0) is 34.4. The Morgan fingerprint density at radius 1 is 1.12 bits per heavy atom. The van der Waals surface area contributed by atoms with Gasteiger partial charge in [-0.05, 0) is 73.4 Å². The molecular formula is C35H41N5O6S2. The Morgan fingerprint density at radius 2 is 1.88 bits per heavy atom. The standard InChI is InChI=1S/C35H41N5O6S2/c1-23-19-40(24(2)22-41)33(42)18-27-17-28(38-48(44,45)34-9-6-16-47-34)14-15-31(27)46-32(23)21-39(3)20-25-10-12-26(13-11-25)35(43)37-30-8-5-4-7-29(30)36/h4-17,23-24,32,38,41H,18-22,36H2,1-3H3,(H,37,43)/t23-,24+,32-/m0/s1. The quantitative estimate of drug-likeness (QED) is 0.166. The van der Waals surface area contributed by atoms with Crippen LogP contribution in [0.15, 0.2) is 88.5 Å². The first kappa shape index (κ1) is 34.9. The maximum Gasteiger partial charge on any atom is 0.271 e. The number of nitrogens with zero attached hydrogens (tertiary/aromatic N) is 2. The van der Waals surface area contributed by atoms with E-state index in [1.807, 2.05) is 32.2 Å². The van der Waals surface area contributed by atoms with Gasteiger partial charge in [0, 0.05) is 42.4 Å². The highest BCUT2D eigenvalue weighted by molar-refractivity contribution is 7.94. The molecule has 1 aromatic heterocycles. The lowest BCUT2D eigenvalue weighted by Gasteiger charge is -2.34. The summed E-state index contributed by atoms with van der Waals surface area (Å²) in [5.41, 5.74) is 9.39. The summed E-state index contributed by atoms with van der Waals surface area (Å²) in [5.74, 6) is -0.0389. The number of ether oxygens (including phenoxy) is 1. The number of fused-ring (bicyclic) bond motifs is 1. The maximum atomic E-state index is 13.6. The second-order valence-electron chi connectivity index (χ2n) is 12.2. The van der Waals surface area contributed by atoms with Gasteiger partial charge >= 0.3 is 0 Å². The van der Waals surface area contributed by atoms with Crippen molar-refractivity contribution < 1.29 is 27.9 Å². The summed E-state index contributed by atoms with van der Waals surface area (Å²) in [7, 11) is -1.81. The van der Waals surface area contributed by atoms with E-state index in [9.17, 15) is 23.1 Å². The summed E-state index contributed by atoms with van der Waals surface area (Å²) in [6, 6.07) is 22.2. The first-order valence-corrected chi connectivity index (χ1v) is 18.0. The fourth-order valence-corrected chi connectivity index (χ4v) is 7.63. The molecule has 5 rings (SSSR count). The Bertz CT molecular complexity index is 1830. The smallest absolute Gasteiger partial charge is 0.271 e. The third kappa shape index (κ3) is 8.53. The number of nitrogens with one attached hydrogen (secondary N) is 2. The predicted molar refractivity (Wildman–Crippen MR) is 189 cm³/mol. The van der Waals surface area contributed by atoms with Crippen LogP contribution in [0.1, 0.15) is 35.3 Å². The average molecular weight is 692 g/mol. The molecule has 254 valence electrons. The van der Waals surface area contributed by atoms with Crippen LogP contribution in [0, 0.1) is 5.92 Å². The highest BCUT2D eigenvalue weighted by atomic mass is 32.2. The number of nitrogen functional groups attached to an aromatic ring is 1. The van der Waals surface area contributed by atoms with E-state index in [4.69, 9.17) is 10.5 Å². The van der Waals surface area contributed by atoms with Gasteiger partial charge in [0.1, 0.15) is 16.1 Å². The summed E-state index contributed by atoms with van der Waals surface area (Å²) in [4.78, 5) is 30.1. The minimum absolute atomic E-state index is 0.0136. The molecule has 5 N–H and O–H groups in total. The molecule has 0 bridgehead atoms. The van der Waals surface area contributed by atoms with Gasteiger partial charge in [-0.2, -0.15) is 0 Å². The lowest BCUT2D eigenvalue weighted by Crippen LogP contribution is -2.47. The van der Waals surface area contributed by atoms with Crippen molar-refractivity contribution in [3.63, 3.8) is 0 Å². The van der Waals surface area contributed by atoms with E-state index >= 15 is 0 Å². The highest BCUT2D eigenvalue weighted by Crippen LogP contribution is 2.31. The third-order valence-corrected chi connectivity index (χ3v) is 11.1. The van der Waals surface area contributed by atoms with Crippen molar-refractivity contribution in [2.24, 2.45) is 5.92 Å². The van der Waals surface area contributed by atoms with E-state index in [-0.39, 0.29) is 41.1 Å². The molecule has 0 spiro atoms. The molecule has 0 aliphatic carbocycles. The third-order valence-electron chi connectivity index (χ3n) is 8.30. The maximum absolute atomic E-state index is 13.6. The Kier molecular flexibility index (Phi) is 11.0. The van der Waals surface area contributed by atoms with Gasteiger partial charge in [0.05, 0.1) is 30.4 Å². The van der Waals surface area contributed by atoms with Crippen LogP contribution in [0.5, 0.6) is 5.75 Å². The largest absolute Gasteiger partial charge is 0.488 e. The Hall–Kier alpha value is -4.43. The number of carbonyl (C=O) groups excluding carboxylic acids is 2. The van der Waals surface area contributed by atoms with E-state index in [0.29, 0.717) is 53.6 Å². The van der Waals surface area contributed by atoms with Crippen LogP contribution in [-0.2, 0) is 27.8 Å². The van der Waals surface area contributed by atoms with Crippen molar-refractivity contribution >= 4 is 50.2 Å². The van der Waals surface area contributed by atoms with Crippen LogP contribution >= 0.6 is 11.3 Å². The fraction of sp³-hybridized carbons (Fsp3) is 0.314. The molecule has 2 heterocycles. The fourth-order valence-electron chi connectivity index (χ4n) is 5.58. The second-order valence-corrected chi connectivity index (χ2v) is 15.0. The molecule has 11 nitrogen and oxygen atoms in total. The van der Waals surface area contributed by atoms with Gasteiger partial charge in [0.2, 0.25) is 5.91 Å². The summed E-state index contributed by atoms with van der Waals surface area (Å²) in [6.07, 6.45) is -0.358. The Labute approximate surface area is 285 Å². The van der Waals surface area contributed by atoms with Gasteiger partial charge in [-0.1, -0.05) is 37.3 Å². The minimum atomic E-state index is -3.79. The molecule has 4 aromatic rings. The molecule has 0 unspecified atom stereocenters. The molecule has 3 aromatic carbocycles. The number of hydrogen-bond donors (Lipinski definition) is 4. The molecule has 0 radical (unpaired) electrons. The first-order chi connectivity index (χ1) is 22.9. The normalized spacial score (nSPS) is 17.4. The monoisotopic (exact) mass is 691 g/mol. The number of sulfonamides is 1. The number of hydrogen-bond acceptors (Lipinski definition) is 9. The lowest BCUT2D eigenvalue weighted by atomic mass is 10.0. The van der Waals surface area contributed by atoms with Crippen LogP contribution in [0.3, 0.4) is 0 Å². The second kappa shape index (κ2) is 15.2. The van der Waals surface area contributed by atoms with Gasteiger partial charge in [0.15, 0.2) is 0 Å². The number of aliphatic hydroxyl groups excluding tert-OH is 1. The number of thiophene rings is 1. The van der Waals surface area contributed by atoms with Crippen LogP contribution < -0.4 is 20.5 Å². The van der Waals surface area contributed by atoms with Crippen molar-refractivity contribution in [1.29, 1.82) is 0 Å². The molecule has 13 heteroatoms.